The summed E-state index contributed by atoms with van der Waals surface area (Å²) in [5.74, 6) is -12.4. The van der Waals surface area contributed by atoms with Crippen molar-refractivity contribution >= 4 is 11.7 Å². The first-order chi connectivity index (χ1) is 12.7. The average molecular weight is 391 g/mol. The molecule has 0 aliphatic heterocycles. The molecule has 0 atom stereocenters. The van der Waals surface area contributed by atoms with Crippen LogP contribution in [0.3, 0.4) is 0 Å². The van der Waals surface area contributed by atoms with Crippen LogP contribution in [0.2, 0.25) is 0 Å². The van der Waals surface area contributed by atoms with Crippen molar-refractivity contribution in [2.24, 2.45) is 0 Å². The number of hydrogen-bond acceptors (Lipinski definition) is 5. The highest BCUT2D eigenvalue weighted by Gasteiger charge is 2.27. The fourth-order valence-corrected chi connectivity index (χ4v) is 2.06. The number of ether oxygens (including phenoxy) is 2. The lowest BCUT2D eigenvalue weighted by Crippen LogP contribution is -2.12. The standard InChI is InChI=1S/C16H10F5NO5/c1-2-26-10-4-3-7(5-9(10)22(24)25)16(23)27-6-8-11(17)13(19)15(21)14(20)12(8)18/h3-5H,2,6H2,1H3. The fourth-order valence-electron chi connectivity index (χ4n) is 2.06. The summed E-state index contributed by atoms with van der Waals surface area (Å²) in [6.07, 6.45) is 0. The Morgan fingerprint density at radius 1 is 1.04 bits per heavy atom. The second-order valence-corrected chi connectivity index (χ2v) is 5.00. The van der Waals surface area contributed by atoms with Crippen LogP contribution in [-0.4, -0.2) is 17.5 Å². The van der Waals surface area contributed by atoms with Gasteiger partial charge in [-0.2, -0.15) is 0 Å². The minimum absolute atomic E-state index is 0.116. The summed E-state index contributed by atoms with van der Waals surface area (Å²) in [5, 5.41) is 11.0. The number of benzene rings is 2. The van der Waals surface area contributed by atoms with Crippen LogP contribution in [-0.2, 0) is 11.3 Å². The quantitative estimate of drug-likeness (QED) is 0.185. The molecule has 27 heavy (non-hydrogen) atoms. The third kappa shape index (κ3) is 3.96. The highest BCUT2D eigenvalue weighted by Crippen LogP contribution is 2.29. The average Bonchev–Trinajstić information content (AvgIpc) is 2.65. The molecule has 0 aliphatic rings. The maximum atomic E-state index is 13.5. The van der Waals surface area contributed by atoms with Crippen molar-refractivity contribution in [2.75, 3.05) is 6.61 Å². The maximum absolute atomic E-state index is 13.5. The van der Waals surface area contributed by atoms with Gasteiger partial charge >= 0.3 is 11.7 Å². The van der Waals surface area contributed by atoms with Gasteiger partial charge in [-0.05, 0) is 19.1 Å². The van der Waals surface area contributed by atoms with E-state index in [1.807, 2.05) is 0 Å². The Labute approximate surface area is 148 Å². The Hall–Kier alpha value is -3.24. The van der Waals surface area contributed by atoms with Gasteiger partial charge < -0.3 is 9.47 Å². The molecule has 2 aromatic carbocycles. The van der Waals surface area contributed by atoms with E-state index in [-0.39, 0.29) is 17.9 Å². The number of carbonyl (C=O) groups is 1. The molecule has 0 heterocycles. The third-order valence-electron chi connectivity index (χ3n) is 3.34. The number of carbonyl (C=O) groups excluding carboxylic acids is 1. The summed E-state index contributed by atoms with van der Waals surface area (Å²) in [6.45, 7) is 0.423. The van der Waals surface area contributed by atoms with Crippen LogP contribution in [0.5, 0.6) is 5.75 Å². The Kier molecular flexibility index (Phi) is 5.93. The molecule has 0 unspecified atom stereocenters. The van der Waals surface area contributed by atoms with Gasteiger partial charge in [0.05, 0.1) is 22.7 Å². The van der Waals surface area contributed by atoms with E-state index < -0.39 is 57.8 Å². The van der Waals surface area contributed by atoms with Crippen LogP contribution in [0.1, 0.15) is 22.8 Å². The van der Waals surface area contributed by atoms with Gasteiger partial charge in [-0.15, -0.1) is 0 Å². The normalized spacial score (nSPS) is 10.6. The lowest BCUT2D eigenvalue weighted by molar-refractivity contribution is -0.385. The van der Waals surface area contributed by atoms with E-state index in [9.17, 15) is 36.9 Å². The van der Waals surface area contributed by atoms with Crippen LogP contribution in [0.4, 0.5) is 27.6 Å². The lowest BCUT2D eigenvalue weighted by atomic mass is 10.1. The number of nitrogens with zero attached hydrogens (tertiary/aromatic N) is 1. The molecule has 2 rings (SSSR count). The molecular formula is C16H10F5NO5. The monoisotopic (exact) mass is 391 g/mol. The minimum Gasteiger partial charge on any atom is -0.487 e. The Bertz CT molecular complexity index is 890. The Balaban J connectivity index is 2.27. The van der Waals surface area contributed by atoms with Gasteiger partial charge in [0.2, 0.25) is 5.82 Å². The molecule has 0 saturated heterocycles. The maximum Gasteiger partial charge on any atom is 0.338 e. The van der Waals surface area contributed by atoms with Crippen molar-refractivity contribution in [3.63, 3.8) is 0 Å². The molecule has 0 spiro atoms. The second-order valence-electron chi connectivity index (χ2n) is 5.00. The van der Waals surface area contributed by atoms with E-state index in [1.54, 1.807) is 6.92 Å². The van der Waals surface area contributed by atoms with E-state index in [0.29, 0.717) is 0 Å². The van der Waals surface area contributed by atoms with E-state index in [0.717, 1.165) is 18.2 Å². The van der Waals surface area contributed by atoms with E-state index in [4.69, 9.17) is 4.74 Å². The summed E-state index contributed by atoms with van der Waals surface area (Å²) < 4.78 is 75.8. The molecule has 0 radical (unpaired) electrons. The van der Waals surface area contributed by atoms with Gasteiger partial charge in [0.25, 0.3) is 0 Å². The molecule has 2 aromatic rings. The van der Waals surface area contributed by atoms with Crippen molar-refractivity contribution in [3.05, 3.63) is 68.5 Å². The van der Waals surface area contributed by atoms with Crippen LogP contribution in [0, 0.1) is 39.2 Å². The first kappa shape index (κ1) is 20.1. The number of rotatable bonds is 6. The molecule has 0 aromatic heterocycles. The Morgan fingerprint density at radius 2 is 1.59 bits per heavy atom. The van der Waals surface area contributed by atoms with Crippen molar-refractivity contribution in [2.45, 2.75) is 13.5 Å². The fraction of sp³-hybridized carbons (Fsp3) is 0.188. The van der Waals surface area contributed by atoms with Crippen LogP contribution < -0.4 is 4.74 Å². The Morgan fingerprint density at radius 3 is 2.11 bits per heavy atom. The zero-order chi connectivity index (χ0) is 20.3. The van der Waals surface area contributed by atoms with Crippen molar-refractivity contribution in [3.8, 4) is 5.75 Å². The van der Waals surface area contributed by atoms with Gasteiger partial charge in [-0.25, -0.2) is 26.7 Å². The van der Waals surface area contributed by atoms with Gasteiger partial charge in [-0.1, -0.05) is 0 Å². The molecule has 6 nitrogen and oxygen atoms in total. The minimum atomic E-state index is -2.35. The van der Waals surface area contributed by atoms with Crippen LogP contribution >= 0.6 is 0 Å². The highest BCUT2D eigenvalue weighted by molar-refractivity contribution is 5.90. The van der Waals surface area contributed by atoms with Gasteiger partial charge in [0.15, 0.2) is 29.0 Å². The zero-order valence-electron chi connectivity index (χ0n) is 13.5. The topological polar surface area (TPSA) is 78.7 Å². The molecule has 0 aliphatic carbocycles. The SMILES string of the molecule is CCOc1ccc(C(=O)OCc2c(F)c(F)c(F)c(F)c2F)cc1[N+](=O)[O-]. The second kappa shape index (κ2) is 7.98. The first-order valence-electron chi connectivity index (χ1n) is 7.27. The lowest BCUT2D eigenvalue weighted by Gasteiger charge is -2.10. The van der Waals surface area contributed by atoms with Crippen molar-refractivity contribution in [1.82, 2.24) is 0 Å². The summed E-state index contributed by atoms with van der Waals surface area (Å²) in [4.78, 5) is 22.1. The smallest absolute Gasteiger partial charge is 0.338 e. The molecule has 0 fully saturated rings. The van der Waals surface area contributed by atoms with Gasteiger partial charge in [-0.3, -0.25) is 10.1 Å². The summed E-state index contributed by atoms with van der Waals surface area (Å²) >= 11 is 0. The molecule has 0 amide bonds. The number of nitro groups is 1. The van der Waals surface area contributed by atoms with Gasteiger partial charge in [0.1, 0.15) is 6.61 Å². The molecule has 11 heteroatoms. The van der Waals surface area contributed by atoms with Crippen molar-refractivity contribution in [1.29, 1.82) is 0 Å². The first-order valence-corrected chi connectivity index (χ1v) is 7.27. The van der Waals surface area contributed by atoms with Crippen LogP contribution in [0.25, 0.3) is 0 Å². The van der Waals surface area contributed by atoms with E-state index >= 15 is 0 Å². The summed E-state index contributed by atoms with van der Waals surface area (Å²) in [5.41, 5.74) is -2.29. The molecule has 144 valence electrons. The molecular weight excluding hydrogens is 381 g/mol. The molecule has 0 saturated carbocycles. The number of halogens is 5. The molecule has 0 N–H and O–H groups in total. The zero-order valence-corrected chi connectivity index (χ0v) is 13.5. The summed E-state index contributed by atoms with van der Waals surface area (Å²) in [6, 6.07) is 2.99. The number of nitro benzene ring substituents is 1. The summed E-state index contributed by atoms with van der Waals surface area (Å²) in [7, 11) is 0. The predicted octanol–water partition coefficient (Wildman–Crippen LogP) is 4.05. The predicted molar refractivity (Wildman–Crippen MR) is 79.6 cm³/mol. The van der Waals surface area contributed by atoms with Crippen LogP contribution in [0.15, 0.2) is 18.2 Å². The van der Waals surface area contributed by atoms with E-state index in [2.05, 4.69) is 4.74 Å². The number of hydrogen-bond donors (Lipinski definition) is 0. The van der Waals surface area contributed by atoms with Gasteiger partial charge in [0, 0.05) is 6.07 Å². The van der Waals surface area contributed by atoms with Crippen molar-refractivity contribution < 1.29 is 41.1 Å². The largest absolute Gasteiger partial charge is 0.487 e. The number of esters is 1. The third-order valence-corrected chi connectivity index (χ3v) is 3.34. The highest BCUT2D eigenvalue weighted by atomic mass is 19.2. The molecule has 0 bridgehead atoms. The van der Waals surface area contributed by atoms with E-state index in [1.165, 1.54) is 0 Å².